The van der Waals surface area contributed by atoms with Crippen LogP contribution in [-0.4, -0.2) is 36.4 Å². The number of hydrogen-bond acceptors (Lipinski definition) is 3. The normalized spacial score (nSPS) is 11.5. The van der Waals surface area contributed by atoms with Crippen molar-refractivity contribution in [2.24, 2.45) is 0 Å². The van der Waals surface area contributed by atoms with Crippen LogP contribution in [0.5, 0.6) is 5.75 Å². The second-order valence-electron chi connectivity index (χ2n) is 8.03. The molecule has 2 amide bonds. The predicted molar refractivity (Wildman–Crippen MR) is 126 cm³/mol. The van der Waals surface area contributed by atoms with Crippen LogP contribution in [0.25, 0.3) is 0 Å². The van der Waals surface area contributed by atoms with Crippen LogP contribution >= 0.6 is 0 Å². The van der Waals surface area contributed by atoms with Crippen molar-refractivity contribution in [2.45, 2.75) is 32.9 Å². The number of carbonyl (C=O) groups excluding carboxylic acids is 2. The summed E-state index contributed by atoms with van der Waals surface area (Å²) in [4.78, 5) is 27.7. The standard InChI is InChI=1S/C27H29FN2O3/c1-19-9-14-25(20(2)15-19)33-18-26(31)30(17-22-10-12-23(28)13-11-22)24(27(32)29-3)16-21-7-5-4-6-8-21/h4-15,24H,16-18H2,1-3H3,(H,29,32). The lowest BCUT2D eigenvalue weighted by Gasteiger charge is -2.31. The number of benzene rings is 3. The zero-order valence-corrected chi connectivity index (χ0v) is 19.2. The second-order valence-corrected chi connectivity index (χ2v) is 8.03. The van der Waals surface area contributed by atoms with Crippen molar-refractivity contribution >= 4 is 11.8 Å². The van der Waals surface area contributed by atoms with Gasteiger partial charge in [-0.25, -0.2) is 4.39 Å². The first-order valence-electron chi connectivity index (χ1n) is 10.9. The number of nitrogens with one attached hydrogen (secondary N) is 1. The van der Waals surface area contributed by atoms with E-state index in [1.54, 1.807) is 19.2 Å². The molecule has 0 bridgehead atoms. The molecule has 0 fully saturated rings. The molecule has 1 N–H and O–H groups in total. The van der Waals surface area contributed by atoms with E-state index in [2.05, 4.69) is 5.32 Å². The fourth-order valence-corrected chi connectivity index (χ4v) is 3.69. The highest BCUT2D eigenvalue weighted by Gasteiger charge is 2.30. The van der Waals surface area contributed by atoms with E-state index in [1.807, 2.05) is 62.4 Å². The van der Waals surface area contributed by atoms with Crippen molar-refractivity contribution in [3.05, 3.63) is 101 Å². The molecule has 6 heteroatoms. The first kappa shape index (κ1) is 24.0. The summed E-state index contributed by atoms with van der Waals surface area (Å²) in [5.74, 6) is -0.346. The summed E-state index contributed by atoms with van der Waals surface area (Å²) < 4.78 is 19.2. The Bertz CT molecular complexity index is 1080. The number of aryl methyl sites for hydroxylation is 2. The predicted octanol–water partition coefficient (Wildman–Crippen LogP) is 4.21. The molecule has 1 unspecified atom stereocenters. The molecule has 3 aromatic rings. The molecule has 5 nitrogen and oxygen atoms in total. The van der Waals surface area contributed by atoms with Gasteiger partial charge in [-0.15, -0.1) is 0 Å². The lowest BCUT2D eigenvalue weighted by molar-refractivity contribution is -0.142. The molecule has 0 spiro atoms. The number of ether oxygens (including phenoxy) is 1. The van der Waals surface area contributed by atoms with Gasteiger partial charge in [-0.2, -0.15) is 0 Å². The molecular formula is C27H29FN2O3. The number of likely N-dealkylation sites (N-methyl/N-ethyl adjacent to an activating group) is 1. The van der Waals surface area contributed by atoms with E-state index < -0.39 is 6.04 Å². The van der Waals surface area contributed by atoms with Gasteiger partial charge in [0.1, 0.15) is 17.6 Å². The van der Waals surface area contributed by atoms with E-state index in [9.17, 15) is 14.0 Å². The third-order valence-corrected chi connectivity index (χ3v) is 5.47. The maximum Gasteiger partial charge on any atom is 0.261 e. The third-order valence-electron chi connectivity index (χ3n) is 5.47. The Morgan fingerprint density at radius 3 is 2.30 bits per heavy atom. The smallest absolute Gasteiger partial charge is 0.261 e. The average molecular weight is 449 g/mol. The first-order valence-corrected chi connectivity index (χ1v) is 10.9. The molecule has 0 radical (unpaired) electrons. The highest BCUT2D eigenvalue weighted by atomic mass is 19.1. The van der Waals surface area contributed by atoms with Crippen LogP contribution in [0.2, 0.25) is 0 Å². The summed E-state index contributed by atoms with van der Waals surface area (Å²) in [7, 11) is 1.55. The maximum absolute atomic E-state index is 13.4. The SMILES string of the molecule is CNC(=O)C(Cc1ccccc1)N(Cc1ccc(F)cc1)C(=O)COc1ccc(C)cc1C. The van der Waals surface area contributed by atoms with Crippen LogP contribution in [0, 0.1) is 19.7 Å². The lowest BCUT2D eigenvalue weighted by Crippen LogP contribution is -2.51. The van der Waals surface area contributed by atoms with Crippen LogP contribution in [0.1, 0.15) is 22.3 Å². The van der Waals surface area contributed by atoms with Gasteiger partial charge in [-0.05, 0) is 48.7 Å². The maximum atomic E-state index is 13.4. The van der Waals surface area contributed by atoms with Gasteiger partial charge in [-0.3, -0.25) is 9.59 Å². The number of amides is 2. The van der Waals surface area contributed by atoms with Crippen molar-refractivity contribution < 1.29 is 18.7 Å². The highest BCUT2D eigenvalue weighted by molar-refractivity contribution is 5.88. The molecule has 172 valence electrons. The topological polar surface area (TPSA) is 58.6 Å². The van der Waals surface area contributed by atoms with Gasteiger partial charge in [-0.1, -0.05) is 60.2 Å². The number of halogens is 1. The van der Waals surface area contributed by atoms with Crippen molar-refractivity contribution in [1.29, 1.82) is 0 Å². The minimum absolute atomic E-state index is 0.153. The zero-order valence-electron chi connectivity index (χ0n) is 19.2. The minimum atomic E-state index is -0.752. The highest BCUT2D eigenvalue weighted by Crippen LogP contribution is 2.20. The number of carbonyl (C=O) groups is 2. The fraction of sp³-hybridized carbons (Fsp3) is 0.259. The number of hydrogen-bond donors (Lipinski definition) is 1. The largest absolute Gasteiger partial charge is 0.483 e. The van der Waals surface area contributed by atoms with Crippen LogP contribution in [-0.2, 0) is 22.6 Å². The average Bonchev–Trinajstić information content (AvgIpc) is 2.82. The summed E-state index contributed by atoms with van der Waals surface area (Å²) in [5.41, 5.74) is 3.68. The zero-order chi connectivity index (χ0) is 23.8. The van der Waals surface area contributed by atoms with E-state index >= 15 is 0 Å². The lowest BCUT2D eigenvalue weighted by atomic mass is 10.0. The quantitative estimate of drug-likeness (QED) is 0.534. The summed E-state index contributed by atoms with van der Waals surface area (Å²) in [6.07, 6.45) is 0.344. The van der Waals surface area contributed by atoms with Gasteiger partial charge >= 0.3 is 0 Å². The Kier molecular flexibility index (Phi) is 8.19. The Morgan fingerprint density at radius 1 is 0.970 bits per heavy atom. The third kappa shape index (κ3) is 6.65. The summed E-state index contributed by atoms with van der Waals surface area (Å²) in [5, 5.41) is 2.67. The molecule has 0 aliphatic rings. The summed E-state index contributed by atoms with van der Waals surface area (Å²) in [6, 6.07) is 20.4. The summed E-state index contributed by atoms with van der Waals surface area (Å²) in [6.45, 7) is 3.85. The van der Waals surface area contributed by atoms with Gasteiger partial charge in [0.25, 0.3) is 5.91 Å². The molecule has 0 saturated heterocycles. The molecule has 3 rings (SSSR count). The van der Waals surface area contributed by atoms with E-state index in [-0.39, 0.29) is 30.8 Å². The Hall–Kier alpha value is -3.67. The molecule has 33 heavy (non-hydrogen) atoms. The van der Waals surface area contributed by atoms with Crippen LogP contribution in [0.3, 0.4) is 0 Å². The van der Waals surface area contributed by atoms with E-state index in [0.717, 1.165) is 22.3 Å². The minimum Gasteiger partial charge on any atom is -0.483 e. The molecule has 0 aromatic heterocycles. The molecule has 1 atom stereocenters. The van der Waals surface area contributed by atoms with Crippen molar-refractivity contribution in [2.75, 3.05) is 13.7 Å². The molecule has 0 heterocycles. The Balaban J connectivity index is 1.87. The van der Waals surface area contributed by atoms with Crippen LogP contribution in [0.4, 0.5) is 4.39 Å². The first-order chi connectivity index (χ1) is 15.9. The van der Waals surface area contributed by atoms with Gasteiger partial charge in [0.15, 0.2) is 6.61 Å². The monoisotopic (exact) mass is 448 g/mol. The van der Waals surface area contributed by atoms with Gasteiger partial charge < -0.3 is 15.0 Å². The van der Waals surface area contributed by atoms with Crippen molar-refractivity contribution in [3.63, 3.8) is 0 Å². The van der Waals surface area contributed by atoms with Crippen molar-refractivity contribution in [1.82, 2.24) is 10.2 Å². The molecule has 0 aliphatic carbocycles. The van der Waals surface area contributed by atoms with Gasteiger partial charge in [0.2, 0.25) is 5.91 Å². The van der Waals surface area contributed by atoms with Crippen LogP contribution in [0.15, 0.2) is 72.8 Å². The molecule has 3 aromatic carbocycles. The van der Waals surface area contributed by atoms with E-state index in [4.69, 9.17) is 4.74 Å². The van der Waals surface area contributed by atoms with E-state index in [0.29, 0.717) is 12.2 Å². The summed E-state index contributed by atoms with van der Waals surface area (Å²) >= 11 is 0. The molecular weight excluding hydrogens is 419 g/mol. The number of nitrogens with zero attached hydrogens (tertiary/aromatic N) is 1. The second kappa shape index (κ2) is 11.3. The van der Waals surface area contributed by atoms with E-state index in [1.165, 1.54) is 17.0 Å². The molecule has 0 saturated carbocycles. The fourth-order valence-electron chi connectivity index (χ4n) is 3.69. The Labute approximate surface area is 194 Å². The molecule has 0 aliphatic heterocycles. The Morgan fingerprint density at radius 2 is 1.67 bits per heavy atom. The number of rotatable bonds is 9. The van der Waals surface area contributed by atoms with Crippen molar-refractivity contribution in [3.8, 4) is 5.75 Å². The van der Waals surface area contributed by atoms with Crippen LogP contribution < -0.4 is 10.1 Å². The van der Waals surface area contributed by atoms with Gasteiger partial charge in [0.05, 0.1) is 0 Å². The van der Waals surface area contributed by atoms with Gasteiger partial charge in [0, 0.05) is 20.0 Å².